The van der Waals surface area contributed by atoms with Crippen molar-refractivity contribution in [1.82, 2.24) is 10.2 Å². The van der Waals surface area contributed by atoms with Gasteiger partial charge in [0, 0.05) is 29.4 Å². The van der Waals surface area contributed by atoms with E-state index in [0.29, 0.717) is 22.3 Å². The third-order valence-electron chi connectivity index (χ3n) is 3.52. The minimum atomic E-state index is -0.161. The number of ether oxygens (including phenoxy) is 1. The van der Waals surface area contributed by atoms with Gasteiger partial charge in [0.1, 0.15) is 17.3 Å². The number of aromatic nitrogens is 2. The number of aromatic amines is 1. The SMILES string of the molecule is COc1cc(Nc2[nH]ncc2Nc2cccc(Cl)c2)ccc1NC(C)=O. The molecule has 134 valence electrons. The number of carbonyl (C=O) groups excluding carboxylic acids is 1. The summed E-state index contributed by atoms with van der Waals surface area (Å²) >= 11 is 6.02. The minimum absolute atomic E-state index is 0.161. The average Bonchev–Trinajstić information content (AvgIpc) is 3.02. The van der Waals surface area contributed by atoms with Crippen LogP contribution in [0.2, 0.25) is 5.02 Å². The van der Waals surface area contributed by atoms with Crippen molar-refractivity contribution in [3.8, 4) is 5.75 Å². The molecule has 1 heterocycles. The fraction of sp³-hybridized carbons (Fsp3) is 0.111. The fourth-order valence-electron chi connectivity index (χ4n) is 2.40. The maximum Gasteiger partial charge on any atom is 0.221 e. The molecule has 1 amide bonds. The average molecular weight is 372 g/mol. The van der Waals surface area contributed by atoms with Crippen LogP contribution in [0.4, 0.5) is 28.6 Å². The predicted molar refractivity (Wildman–Crippen MR) is 104 cm³/mol. The zero-order valence-corrected chi connectivity index (χ0v) is 15.0. The molecule has 1 aromatic heterocycles. The summed E-state index contributed by atoms with van der Waals surface area (Å²) in [6.45, 7) is 1.45. The van der Waals surface area contributed by atoms with Crippen LogP contribution < -0.4 is 20.7 Å². The third-order valence-corrected chi connectivity index (χ3v) is 3.76. The van der Waals surface area contributed by atoms with Crippen LogP contribution in [0.3, 0.4) is 0 Å². The first-order valence-corrected chi connectivity index (χ1v) is 8.21. The lowest BCUT2D eigenvalue weighted by Crippen LogP contribution is -2.07. The smallest absolute Gasteiger partial charge is 0.221 e. The van der Waals surface area contributed by atoms with Crippen molar-refractivity contribution in [3.05, 3.63) is 53.7 Å². The largest absolute Gasteiger partial charge is 0.494 e. The molecule has 0 radical (unpaired) electrons. The van der Waals surface area contributed by atoms with E-state index in [-0.39, 0.29) is 5.91 Å². The Morgan fingerprint density at radius 2 is 1.92 bits per heavy atom. The van der Waals surface area contributed by atoms with Crippen molar-refractivity contribution in [2.24, 2.45) is 0 Å². The summed E-state index contributed by atoms with van der Waals surface area (Å²) in [5.41, 5.74) is 2.99. The van der Waals surface area contributed by atoms with Gasteiger partial charge in [-0.2, -0.15) is 5.10 Å². The van der Waals surface area contributed by atoms with Crippen LogP contribution in [-0.2, 0) is 4.79 Å². The molecule has 7 nitrogen and oxygen atoms in total. The number of anilines is 5. The van der Waals surface area contributed by atoms with E-state index in [2.05, 4.69) is 26.1 Å². The maximum absolute atomic E-state index is 11.3. The number of nitrogens with zero attached hydrogens (tertiary/aromatic N) is 1. The fourth-order valence-corrected chi connectivity index (χ4v) is 2.59. The highest BCUT2D eigenvalue weighted by molar-refractivity contribution is 6.30. The van der Waals surface area contributed by atoms with Gasteiger partial charge in [0.2, 0.25) is 5.91 Å². The first-order chi connectivity index (χ1) is 12.5. The number of methoxy groups -OCH3 is 1. The number of H-pyrrole nitrogens is 1. The number of nitrogens with one attached hydrogen (secondary N) is 4. The predicted octanol–water partition coefficient (Wildman–Crippen LogP) is 4.52. The Morgan fingerprint density at radius 1 is 1.12 bits per heavy atom. The summed E-state index contributed by atoms with van der Waals surface area (Å²) in [6.07, 6.45) is 1.67. The van der Waals surface area contributed by atoms with E-state index in [9.17, 15) is 4.79 Å². The van der Waals surface area contributed by atoms with E-state index in [1.807, 2.05) is 30.3 Å². The van der Waals surface area contributed by atoms with Gasteiger partial charge in [-0.1, -0.05) is 17.7 Å². The lowest BCUT2D eigenvalue weighted by Gasteiger charge is -2.13. The Balaban J connectivity index is 1.79. The van der Waals surface area contributed by atoms with E-state index >= 15 is 0 Å². The number of hydrogen-bond acceptors (Lipinski definition) is 5. The molecule has 0 unspecified atom stereocenters. The molecule has 3 aromatic rings. The van der Waals surface area contributed by atoms with Gasteiger partial charge in [0.15, 0.2) is 0 Å². The Hall–Kier alpha value is -3.19. The second-order valence-corrected chi connectivity index (χ2v) is 5.95. The highest BCUT2D eigenvalue weighted by Crippen LogP contribution is 2.32. The zero-order chi connectivity index (χ0) is 18.5. The molecular weight excluding hydrogens is 354 g/mol. The second kappa shape index (κ2) is 7.79. The van der Waals surface area contributed by atoms with Gasteiger partial charge in [0.25, 0.3) is 0 Å². The minimum Gasteiger partial charge on any atom is -0.494 e. The molecule has 0 saturated carbocycles. The van der Waals surface area contributed by atoms with Crippen molar-refractivity contribution >= 4 is 46.1 Å². The summed E-state index contributed by atoms with van der Waals surface area (Å²) in [5, 5.41) is 16.8. The Morgan fingerprint density at radius 3 is 2.65 bits per heavy atom. The molecule has 0 saturated heterocycles. The van der Waals surface area contributed by atoms with Gasteiger partial charge in [-0.25, -0.2) is 0 Å². The van der Waals surface area contributed by atoms with Crippen LogP contribution in [0.25, 0.3) is 0 Å². The molecule has 4 N–H and O–H groups in total. The molecule has 0 aliphatic rings. The van der Waals surface area contributed by atoms with E-state index in [1.165, 1.54) is 6.92 Å². The molecule has 0 fully saturated rings. The molecular formula is C18H18ClN5O2. The van der Waals surface area contributed by atoms with Crippen molar-refractivity contribution in [3.63, 3.8) is 0 Å². The summed E-state index contributed by atoms with van der Waals surface area (Å²) in [5.74, 6) is 1.07. The second-order valence-electron chi connectivity index (χ2n) is 5.52. The lowest BCUT2D eigenvalue weighted by atomic mass is 10.2. The molecule has 3 rings (SSSR count). The summed E-state index contributed by atoms with van der Waals surface area (Å²) in [6, 6.07) is 12.8. The summed E-state index contributed by atoms with van der Waals surface area (Å²) in [7, 11) is 1.55. The number of hydrogen-bond donors (Lipinski definition) is 4. The van der Waals surface area contributed by atoms with Gasteiger partial charge in [-0.15, -0.1) is 0 Å². The van der Waals surface area contributed by atoms with E-state index in [4.69, 9.17) is 16.3 Å². The number of benzene rings is 2. The highest BCUT2D eigenvalue weighted by atomic mass is 35.5. The first-order valence-electron chi connectivity index (χ1n) is 7.84. The van der Waals surface area contributed by atoms with Gasteiger partial charge in [-0.3, -0.25) is 9.89 Å². The van der Waals surface area contributed by atoms with Crippen molar-refractivity contribution < 1.29 is 9.53 Å². The number of amides is 1. The van der Waals surface area contributed by atoms with Gasteiger partial charge in [-0.05, 0) is 30.3 Å². The van der Waals surface area contributed by atoms with Crippen LogP contribution in [0.15, 0.2) is 48.7 Å². The van der Waals surface area contributed by atoms with Crippen LogP contribution in [0, 0.1) is 0 Å². The van der Waals surface area contributed by atoms with Crippen LogP contribution in [0.1, 0.15) is 6.92 Å². The van der Waals surface area contributed by atoms with Crippen LogP contribution >= 0.6 is 11.6 Å². The van der Waals surface area contributed by atoms with Crippen LogP contribution in [0.5, 0.6) is 5.75 Å². The van der Waals surface area contributed by atoms with Crippen molar-refractivity contribution in [1.29, 1.82) is 0 Å². The zero-order valence-electron chi connectivity index (χ0n) is 14.3. The molecule has 0 atom stereocenters. The van der Waals surface area contributed by atoms with Gasteiger partial charge < -0.3 is 20.7 Å². The van der Waals surface area contributed by atoms with Gasteiger partial charge >= 0.3 is 0 Å². The highest BCUT2D eigenvalue weighted by Gasteiger charge is 2.09. The summed E-state index contributed by atoms with van der Waals surface area (Å²) < 4.78 is 5.33. The maximum atomic E-state index is 11.3. The van der Waals surface area contributed by atoms with Gasteiger partial charge in [0.05, 0.1) is 19.0 Å². The Bertz CT molecular complexity index is 925. The Labute approximate surface area is 155 Å². The molecule has 0 aliphatic heterocycles. The molecule has 0 bridgehead atoms. The third kappa shape index (κ3) is 4.25. The topological polar surface area (TPSA) is 91.1 Å². The molecule has 0 aliphatic carbocycles. The first kappa shape index (κ1) is 17.6. The number of carbonyl (C=O) groups is 1. The molecule has 2 aromatic carbocycles. The normalized spacial score (nSPS) is 10.3. The molecule has 0 spiro atoms. The summed E-state index contributed by atoms with van der Waals surface area (Å²) in [4.78, 5) is 11.3. The van der Waals surface area contributed by atoms with Crippen LogP contribution in [-0.4, -0.2) is 23.2 Å². The quantitative estimate of drug-likeness (QED) is 0.511. The molecule has 26 heavy (non-hydrogen) atoms. The standard InChI is InChI=1S/C18H18ClN5O2/c1-11(25)21-15-7-6-14(9-17(15)26-2)23-18-16(10-20-24-18)22-13-5-3-4-12(19)8-13/h3-10,22H,1-2H3,(H,21,25)(H2,20,23,24). The Kier molecular flexibility index (Phi) is 5.28. The number of halogens is 1. The van der Waals surface area contributed by atoms with E-state index in [0.717, 1.165) is 17.1 Å². The van der Waals surface area contributed by atoms with E-state index in [1.54, 1.807) is 25.4 Å². The van der Waals surface area contributed by atoms with Crippen molar-refractivity contribution in [2.45, 2.75) is 6.92 Å². The lowest BCUT2D eigenvalue weighted by molar-refractivity contribution is -0.114. The monoisotopic (exact) mass is 371 g/mol. The van der Waals surface area contributed by atoms with Crippen molar-refractivity contribution in [2.75, 3.05) is 23.1 Å². The molecule has 8 heteroatoms. The number of rotatable bonds is 6. The van der Waals surface area contributed by atoms with E-state index < -0.39 is 0 Å².